The van der Waals surface area contributed by atoms with Gasteiger partial charge in [0.25, 0.3) is 0 Å². The zero-order chi connectivity index (χ0) is 16.6. The van der Waals surface area contributed by atoms with Crippen LogP contribution in [0.4, 0.5) is 8.78 Å². The van der Waals surface area contributed by atoms with Gasteiger partial charge in [-0.25, -0.2) is 8.78 Å². The van der Waals surface area contributed by atoms with Crippen molar-refractivity contribution in [1.82, 2.24) is 4.90 Å². The van der Waals surface area contributed by atoms with Gasteiger partial charge in [0.15, 0.2) is 0 Å². The Bertz CT molecular complexity index is 815. The van der Waals surface area contributed by atoms with Crippen LogP contribution in [-0.4, -0.2) is 11.9 Å². The maximum Gasteiger partial charge on any atom is 0.136 e. The van der Waals surface area contributed by atoms with E-state index in [1.807, 2.05) is 42.5 Å². The molecule has 2 aromatic carbocycles. The number of rotatable bonds is 2. The second kappa shape index (κ2) is 6.01. The first-order chi connectivity index (χ1) is 11.0. The second-order valence-corrected chi connectivity index (χ2v) is 5.69. The molecule has 1 aliphatic rings. The Balaban J connectivity index is 2.32. The molecule has 0 fully saturated rings. The van der Waals surface area contributed by atoms with Gasteiger partial charge in [-0.2, -0.15) is 0 Å². The van der Waals surface area contributed by atoms with Gasteiger partial charge in [-0.3, -0.25) is 0 Å². The average molecular weight is 330 g/mol. The fraction of sp³-hybridized carbons (Fsp3) is 0.0526. The Labute approximate surface area is 138 Å². The number of hydrogen-bond donors (Lipinski definition) is 0. The van der Waals surface area contributed by atoms with Crippen LogP contribution in [0.25, 0.3) is 11.3 Å². The van der Waals surface area contributed by atoms with Crippen molar-refractivity contribution in [2.45, 2.75) is 0 Å². The Morgan fingerprint density at radius 1 is 1.00 bits per heavy atom. The Morgan fingerprint density at radius 2 is 1.61 bits per heavy atom. The summed E-state index contributed by atoms with van der Waals surface area (Å²) in [5, 5.41) is 0.0263. The molecular formula is C19H14ClF2N. The first-order valence-electron chi connectivity index (χ1n) is 7.04. The van der Waals surface area contributed by atoms with Crippen LogP contribution in [-0.2, 0) is 0 Å². The molecular weight excluding hydrogens is 316 g/mol. The summed E-state index contributed by atoms with van der Waals surface area (Å²) in [6.45, 7) is 3.91. The van der Waals surface area contributed by atoms with Gasteiger partial charge in [-0.15, -0.1) is 0 Å². The highest BCUT2D eigenvalue weighted by atomic mass is 35.5. The van der Waals surface area contributed by atoms with Crippen LogP contribution in [0.15, 0.2) is 66.9 Å². The molecule has 1 heterocycles. The van der Waals surface area contributed by atoms with Crippen molar-refractivity contribution in [1.29, 1.82) is 0 Å². The molecule has 2 aromatic rings. The molecule has 0 spiro atoms. The molecule has 1 aliphatic heterocycles. The molecule has 0 unspecified atom stereocenters. The highest BCUT2D eigenvalue weighted by molar-refractivity contribution is 6.30. The van der Waals surface area contributed by atoms with Gasteiger partial charge in [-0.05, 0) is 23.8 Å². The largest absolute Gasteiger partial charge is 0.344 e. The summed E-state index contributed by atoms with van der Waals surface area (Å²) in [6, 6.07) is 11.7. The molecule has 0 N–H and O–H groups in total. The Kier molecular flexibility index (Phi) is 4.05. The van der Waals surface area contributed by atoms with E-state index in [-0.39, 0.29) is 10.6 Å². The summed E-state index contributed by atoms with van der Waals surface area (Å²) in [7, 11) is 1.73. The zero-order valence-corrected chi connectivity index (χ0v) is 13.2. The number of allylic oxidation sites excluding steroid dienone is 3. The SMILES string of the molecule is C=C1C=CC(c2ccccc2)=C(c2c(F)cc(Cl)cc2F)N1C. The third-order valence-electron chi connectivity index (χ3n) is 3.79. The van der Waals surface area contributed by atoms with Crippen LogP contribution in [0.2, 0.25) is 5.02 Å². The molecule has 1 nitrogen and oxygen atoms in total. The van der Waals surface area contributed by atoms with E-state index in [0.29, 0.717) is 11.4 Å². The van der Waals surface area contributed by atoms with Crippen molar-refractivity contribution >= 4 is 22.9 Å². The maximum atomic E-state index is 14.4. The lowest BCUT2D eigenvalue weighted by Gasteiger charge is -2.30. The maximum absolute atomic E-state index is 14.4. The fourth-order valence-corrected chi connectivity index (χ4v) is 2.81. The molecule has 0 atom stereocenters. The van der Waals surface area contributed by atoms with Crippen LogP contribution in [0.5, 0.6) is 0 Å². The van der Waals surface area contributed by atoms with Gasteiger partial charge in [0, 0.05) is 23.3 Å². The zero-order valence-electron chi connectivity index (χ0n) is 12.5. The van der Waals surface area contributed by atoms with E-state index >= 15 is 0 Å². The summed E-state index contributed by atoms with van der Waals surface area (Å²) in [5.41, 5.74) is 2.55. The molecule has 0 bridgehead atoms. The van der Waals surface area contributed by atoms with Crippen LogP contribution in [0.3, 0.4) is 0 Å². The summed E-state index contributed by atoms with van der Waals surface area (Å²) in [5.74, 6) is -1.40. The highest BCUT2D eigenvalue weighted by Crippen LogP contribution is 2.38. The minimum Gasteiger partial charge on any atom is -0.344 e. The highest BCUT2D eigenvalue weighted by Gasteiger charge is 2.25. The third kappa shape index (κ3) is 2.80. The number of benzene rings is 2. The predicted molar refractivity (Wildman–Crippen MR) is 90.7 cm³/mol. The van der Waals surface area contributed by atoms with Crippen molar-refractivity contribution in [3.8, 4) is 0 Å². The van der Waals surface area contributed by atoms with Crippen LogP contribution < -0.4 is 0 Å². The van der Waals surface area contributed by atoms with Crippen LogP contribution in [0, 0.1) is 11.6 Å². The number of nitrogens with zero attached hydrogens (tertiary/aromatic N) is 1. The minimum atomic E-state index is -0.701. The monoisotopic (exact) mass is 329 g/mol. The average Bonchev–Trinajstić information content (AvgIpc) is 2.51. The first kappa shape index (κ1) is 15.5. The molecule has 0 aromatic heterocycles. The summed E-state index contributed by atoms with van der Waals surface area (Å²) >= 11 is 5.74. The summed E-state index contributed by atoms with van der Waals surface area (Å²) < 4.78 is 28.9. The van der Waals surface area contributed by atoms with Gasteiger partial charge in [0.1, 0.15) is 11.6 Å². The second-order valence-electron chi connectivity index (χ2n) is 5.26. The molecule has 23 heavy (non-hydrogen) atoms. The van der Waals surface area contributed by atoms with E-state index in [9.17, 15) is 8.78 Å². The van der Waals surface area contributed by atoms with Gasteiger partial charge in [0.2, 0.25) is 0 Å². The Morgan fingerprint density at radius 3 is 2.22 bits per heavy atom. The van der Waals surface area contributed by atoms with Crippen molar-refractivity contribution in [3.63, 3.8) is 0 Å². The number of likely N-dealkylation sites (N-methyl/N-ethyl adjacent to an activating group) is 1. The van der Waals surface area contributed by atoms with Crippen molar-refractivity contribution in [2.24, 2.45) is 0 Å². The normalized spacial score (nSPS) is 14.6. The molecule has 0 amide bonds. The van der Waals surface area contributed by atoms with Gasteiger partial charge in [0.05, 0.1) is 11.3 Å². The van der Waals surface area contributed by atoms with E-state index in [2.05, 4.69) is 6.58 Å². The van der Waals surface area contributed by atoms with Crippen molar-refractivity contribution in [3.05, 3.63) is 94.7 Å². The molecule has 116 valence electrons. The smallest absolute Gasteiger partial charge is 0.136 e. The van der Waals surface area contributed by atoms with E-state index in [1.54, 1.807) is 11.9 Å². The standard InChI is InChI=1S/C19H14ClF2N/c1-12-8-9-15(13-6-4-3-5-7-13)19(23(12)2)18-16(21)10-14(20)11-17(18)22/h3-11H,1H2,2H3. The molecule has 3 rings (SSSR count). The lowest BCUT2D eigenvalue weighted by Crippen LogP contribution is -2.20. The van der Waals surface area contributed by atoms with Crippen molar-refractivity contribution in [2.75, 3.05) is 7.05 Å². The van der Waals surface area contributed by atoms with Gasteiger partial charge in [-0.1, -0.05) is 54.6 Å². The Hall–Kier alpha value is -2.39. The molecule has 0 radical (unpaired) electrons. The lowest BCUT2D eigenvalue weighted by molar-refractivity contribution is 0.551. The van der Waals surface area contributed by atoms with E-state index in [1.165, 1.54) is 0 Å². The van der Waals surface area contributed by atoms with Gasteiger partial charge >= 0.3 is 0 Å². The van der Waals surface area contributed by atoms with E-state index in [0.717, 1.165) is 23.3 Å². The topological polar surface area (TPSA) is 3.24 Å². The van der Waals surface area contributed by atoms with Gasteiger partial charge < -0.3 is 4.90 Å². The quantitative estimate of drug-likeness (QED) is 0.703. The molecule has 4 heteroatoms. The summed E-state index contributed by atoms with van der Waals surface area (Å²) in [4.78, 5) is 1.68. The molecule has 0 saturated heterocycles. The number of halogens is 3. The number of hydrogen-bond acceptors (Lipinski definition) is 1. The summed E-state index contributed by atoms with van der Waals surface area (Å²) in [6.07, 6.45) is 3.64. The fourth-order valence-electron chi connectivity index (χ4n) is 2.62. The minimum absolute atomic E-state index is 0.0263. The third-order valence-corrected chi connectivity index (χ3v) is 4.01. The lowest BCUT2D eigenvalue weighted by atomic mass is 9.94. The molecule has 0 aliphatic carbocycles. The van der Waals surface area contributed by atoms with Crippen molar-refractivity contribution < 1.29 is 8.78 Å². The predicted octanol–water partition coefficient (Wildman–Crippen LogP) is 5.50. The van der Waals surface area contributed by atoms with E-state index in [4.69, 9.17) is 11.6 Å². The molecule has 0 saturated carbocycles. The van der Waals surface area contributed by atoms with Crippen LogP contribution >= 0.6 is 11.6 Å². The van der Waals surface area contributed by atoms with Crippen LogP contribution in [0.1, 0.15) is 11.1 Å². The van der Waals surface area contributed by atoms with E-state index < -0.39 is 11.6 Å². The first-order valence-corrected chi connectivity index (χ1v) is 7.42.